The minimum absolute atomic E-state index is 0.135. The van der Waals surface area contributed by atoms with Crippen molar-refractivity contribution in [3.05, 3.63) is 47.5 Å². The van der Waals surface area contributed by atoms with Gasteiger partial charge in [-0.15, -0.1) is 0 Å². The van der Waals surface area contributed by atoms with Crippen molar-refractivity contribution in [1.29, 1.82) is 0 Å². The van der Waals surface area contributed by atoms with Crippen molar-refractivity contribution >= 4 is 11.9 Å². The van der Waals surface area contributed by atoms with Crippen LogP contribution < -0.4 is 0 Å². The van der Waals surface area contributed by atoms with E-state index in [9.17, 15) is 9.59 Å². The van der Waals surface area contributed by atoms with E-state index in [0.29, 0.717) is 5.56 Å². The smallest absolute Gasteiger partial charge is 0.337 e. The van der Waals surface area contributed by atoms with Crippen molar-refractivity contribution in [3.63, 3.8) is 0 Å². The summed E-state index contributed by atoms with van der Waals surface area (Å²) in [4.78, 5) is 28.1. The molecular weight excluding hydrogens is 352 g/mol. The first-order chi connectivity index (χ1) is 13.6. The molecule has 0 aliphatic carbocycles. The molecule has 1 saturated heterocycles. The van der Waals surface area contributed by atoms with Gasteiger partial charge in [0.2, 0.25) is 5.91 Å². The van der Waals surface area contributed by atoms with Crippen LogP contribution in [0.5, 0.6) is 0 Å². The number of esters is 1. The summed E-state index contributed by atoms with van der Waals surface area (Å²) in [6, 6.07) is 7.53. The molecule has 0 atom stereocenters. The second-order valence-electron chi connectivity index (χ2n) is 7.40. The van der Waals surface area contributed by atoms with Gasteiger partial charge in [-0.1, -0.05) is 50.8 Å². The zero-order valence-electron chi connectivity index (χ0n) is 17.4. The molecule has 1 aliphatic rings. The molecule has 28 heavy (non-hydrogen) atoms. The van der Waals surface area contributed by atoms with Gasteiger partial charge < -0.3 is 9.64 Å². The van der Waals surface area contributed by atoms with Crippen LogP contribution in [0.25, 0.3) is 0 Å². The lowest BCUT2D eigenvalue weighted by Crippen LogP contribution is -2.47. The summed E-state index contributed by atoms with van der Waals surface area (Å²) in [6.45, 7) is 6.32. The second-order valence-corrected chi connectivity index (χ2v) is 7.40. The highest BCUT2D eigenvalue weighted by atomic mass is 16.5. The number of benzene rings is 1. The van der Waals surface area contributed by atoms with Crippen LogP contribution in [0, 0.1) is 0 Å². The fourth-order valence-corrected chi connectivity index (χ4v) is 3.40. The number of rotatable bonds is 10. The van der Waals surface area contributed by atoms with Gasteiger partial charge in [-0.05, 0) is 36.6 Å². The number of carbonyl (C=O) groups is 2. The Morgan fingerprint density at radius 2 is 1.68 bits per heavy atom. The van der Waals surface area contributed by atoms with Gasteiger partial charge in [-0.3, -0.25) is 9.69 Å². The summed E-state index contributed by atoms with van der Waals surface area (Å²) in [5.74, 6) is -0.177. The third kappa shape index (κ3) is 7.47. The average molecular weight is 387 g/mol. The Kier molecular flexibility index (Phi) is 9.77. The molecule has 0 saturated carbocycles. The minimum atomic E-state index is -0.312. The first kappa shape index (κ1) is 22.2. The molecule has 0 radical (unpaired) electrons. The quantitative estimate of drug-likeness (QED) is 0.346. The number of methoxy groups -OCH3 is 1. The first-order valence-electron chi connectivity index (χ1n) is 10.5. The van der Waals surface area contributed by atoms with E-state index in [1.165, 1.54) is 39.2 Å². The Hall–Kier alpha value is -2.14. The van der Waals surface area contributed by atoms with Gasteiger partial charge in [-0.25, -0.2) is 4.79 Å². The fraction of sp³-hybridized carbons (Fsp3) is 0.565. The van der Waals surface area contributed by atoms with Gasteiger partial charge in [0, 0.05) is 32.7 Å². The van der Waals surface area contributed by atoms with Gasteiger partial charge in [0.25, 0.3) is 0 Å². The third-order valence-electron chi connectivity index (χ3n) is 5.20. The largest absolute Gasteiger partial charge is 0.465 e. The summed E-state index contributed by atoms with van der Waals surface area (Å²) in [6.07, 6.45) is 11.1. The van der Waals surface area contributed by atoms with Gasteiger partial charge in [0.15, 0.2) is 0 Å². The Labute approximate surface area is 169 Å². The van der Waals surface area contributed by atoms with Gasteiger partial charge >= 0.3 is 5.97 Å². The molecule has 5 nitrogen and oxygen atoms in total. The molecule has 1 heterocycles. The zero-order chi connectivity index (χ0) is 20.2. The van der Waals surface area contributed by atoms with Crippen LogP contribution in [0.3, 0.4) is 0 Å². The molecule has 0 N–H and O–H groups in total. The summed E-state index contributed by atoms with van der Waals surface area (Å²) < 4.78 is 4.72. The molecule has 0 unspecified atom stereocenters. The average Bonchev–Trinajstić information content (AvgIpc) is 2.73. The predicted octanol–water partition coefficient (Wildman–Crippen LogP) is 4.03. The van der Waals surface area contributed by atoms with Gasteiger partial charge in [0.1, 0.15) is 0 Å². The topological polar surface area (TPSA) is 49.9 Å². The Balaban J connectivity index is 1.67. The summed E-state index contributed by atoms with van der Waals surface area (Å²) in [5.41, 5.74) is 1.73. The molecule has 154 valence electrons. The van der Waals surface area contributed by atoms with Crippen molar-refractivity contribution in [2.45, 2.75) is 52.0 Å². The van der Waals surface area contributed by atoms with Crippen molar-refractivity contribution in [2.24, 2.45) is 0 Å². The molecule has 1 amide bonds. The van der Waals surface area contributed by atoms with Gasteiger partial charge in [0.05, 0.1) is 12.7 Å². The number of piperazine rings is 1. The highest BCUT2D eigenvalue weighted by molar-refractivity contribution is 5.89. The Morgan fingerprint density at radius 1 is 1.00 bits per heavy atom. The van der Waals surface area contributed by atoms with Crippen LogP contribution in [0.4, 0.5) is 0 Å². The van der Waals surface area contributed by atoms with Crippen LogP contribution in [0.2, 0.25) is 0 Å². The van der Waals surface area contributed by atoms with E-state index in [0.717, 1.165) is 44.7 Å². The zero-order valence-corrected chi connectivity index (χ0v) is 17.4. The van der Waals surface area contributed by atoms with Crippen LogP contribution in [-0.2, 0) is 16.1 Å². The fourth-order valence-electron chi connectivity index (χ4n) is 3.40. The summed E-state index contributed by atoms with van der Waals surface area (Å²) in [5, 5.41) is 0. The molecular formula is C23H34N2O3. The Bertz CT molecular complexity index is 632. The lowest BCUT2D eigenvalue weighted by molar-refractivity contribution is -0.127. The highest BCUT2D eigenvalue weighted by Gasteiger charge is 2.19. The van der Waals surface area contributed by atoms with E-state index >= 15 is 0 Å². The van der Waals surface area contributed by atoms with Crippen LogP contribution in [0.1, 0.15) is 61.4 Å². The molecule has 1 aromatic rings. The number of amides is 1. The number of allylic oxidation sites excluding steroid dienone is 1. The minimum Gasteiger partial charge on any atom is -0.465 e. The number of unbranched alkanes of at least 4 members (excludes halogenated alkanes) is 5. The van der Waals surface area contributed by atoms with E-state index in [1.54, 1.807) is 18.2 Å². The van der Waals surface area contributed by atoms with Gasteiger partial charge in [-0.2, -0.15) is 0 Å². The summed E-state index contributed by atoms with van der Waals surface area (Å²) in [7, 11) is 1.39. The van der Waals surface area contributed by atoms with E-state index < -0.39 is 0 Å². The van der Waals surface area contributed by atoms with Crippen molar-refractivity contribution in [2.75, 3.05) is 33.3 Å². The lowest BCUT2D eigenvalue weighted by Gasteiger charge is -2.34. The molecule has 5 heteroatoms. The summed E-state index contributed by atoms with van der Waals surface area (Å²) >= 11 is 0. The van der Waals surface area contributed by atoms with Crippen LogP contribution in [-0.4, -0.2) is 55.0 Å². The first-order valence-corrected chi connectivity index (χ1v) is 10.5. The molecule has 1 fully saturated rings. The standard InChI is InChI=1S/C23H34N2O3/c1-3-4-5-6-7-8-9-10-22(26)25-17-15-24(16-18-25)19-20-11-13-21(14-12-20)23(27)28-2/h9-14H,3-8,15-19H2,1-2H3. The Morgan fingerprint density at radius 3 is 2.32 bits per heavy atom. The third-order valence-corrected chi connectivity index (χ3v) is 5.20. The number of nitrogens with zero attached hydrogens (tertiary/aromatic N) is 2. The number of ether oxygens (including phenoxy) is 1. The molecule has 2 rings (SSSR count). The van der Waals surface area contributed by atoms with E-state index in [4.69, 9.17) is 4.74 Å². The lowest BCUT2D eigenvalue weighted by atomic mass is 10.1. The van der Waals surface area contributed by atoms with Crippen molar-refractivity contribution in [3.8, 4) is 0 Å². The molecule has 0 bridgehead atoms. The van der Waals surface area contributed by atoms with E-state index in [-0.39, 0.29) is 11.9 Å². The van der Waals surface area contributed by atoms with Crippen LogP contribution in [0.15, 0.2) is 36.4 Å². The molecule has 1 aromatic carbocycles. The number of carbonyl (C=O) groups excluding carboxylic acids is 2. The monoisotopic (exact) mass is 386 g/mol. The molecule has 0 spiro atoms. The van der Waals surface area contributed by atoms with Crippen molar-refractivity contribution < 1.29 is 14.3 Å². The maximum atomic E-state index is 12.3. The highest BCUT2D eigenvalue weighted by Crippen LogP contribution is 2.12. The number of hydrogen-bond acceptors (Lipinski definition) is 4. The number of hydrogen-bond donors (Lipinski definition) is 0. The van der Waals surface area contributed by atoms with E-state index in [2.05, 4.69) is 11.8 Å². The maximum Gasteiger partial charge on any atom is 0.337 e. The van der Waals surface area contributed by atoms with E-state index in [1.807, 2.05) is 23.1 Å². The normalized spacial score (nSPS) is 15.1. The molecule has 0 aromatic heterocycles. The van der Waals surface area contributed by atoms with Crippen molar-refractivity contribution in [1.82, 2.24) is 9.80 Å². The van der Waals surface area contributed by atoms with Crippen LogP contribution >= 0.6 is 0 Å². The molecule has 1 aliphatic heterocycles. The SMILES string of the molecule is CCCCCCCC=CC(=O)N1CCN(Cc2ccc(C(=O)OC)cc2)CC1. The maximum absolute atomic E-state index is 12.3. The predicted molar refractivity (Wildman–Crippen MR) is 112 cm³/mol. The second kappa shape index (κ2) is 12.3.